The summed E-state index contributed by atoms with van der Waals surface area (Å²) in [6.07, 6.45) is 2.74. The van der Waals surface area contributed by atoms with E-state index in [-0.39, 0.29) is 11.9 Å². The second-order valence-electron chi connectivity index (χ2n) is 4.30. The lowest BCUT2D eigenvalue weighted by Gasteiger charge is -2.26. The van der Waals surface area contributed by atoms with E-state index in [2.05, 4.69) is 13.8 Å². The topological polar surface area (TPSA) is 46.3 Å². The van der Waals surface area contributed by atoms with E-state index in [0.717, 1.165) is 25.9 Å². The minimum atomic E-state index is -0.0340. The summed E-state index contributed by atoms with van der Waals surface area (Å²) in [5.74, 6) is 0.821. The van der Waals surface area contributed by atoms with Gasteiger partial charge in [-0.25, -0.2) is 0 Å². The van der Waals surface area contributed by atoms with E-state index < -0.39 is 0 Å². The van der Waals surface area contributed by atoms with Gasteiger partial charge in [0, 0.05) is 25.6 Å². The molecule has 0 aromatic carbocycles. The molecule has 0 saturated heterocycles. The maximum atomic E-state index is 11.8. The van der Waals surface area contributed by atoms with E-state index in [9.17, 15) is 4.79 Å². The van der Waals surface area contributed by atoms with Gasteiger partial charge in [0.25, 0.3) is 0 Å². The Morgan fingerprint density at radius 2 is 1.80 bits per heavy atom. The highest BCUT2D eigenvalue weighted by atomic mass is 16.2. The Labute approximate surface area is 94.0 Å². The van der Waals surface area contributed by atoms with Crippen LogP contribution in [0.3, 0.4) is 0 Å². The highest BCUT2D eigenvalue weighted by Gasteiger charge is 2.16. The predicted molar refractivity (Wildman–Crippen MR) is 64.6 cm³/mol. The number of nitrogens with two attached hydrogens (primary N) is 1. The summed E-state index contributed by atoms with van der Waals surface area (Å²) >= 11 is 0. The molecule has 15 heavy (non-hydrogen) atoms. The van der Waals surface area contributed by atoms with Crippen LogP contribution in [0.1, 0.15) is 47.0 Å². The fourth-order valence-electron chi connectivity index (χ4n) is 1.67. The zero-order valence-electron chi connectivity index (χ0n) is 10.6. The smallest absolute Gasteiger partial charge is 0.224 e. The van der Waals surface area contributed by atoms with Crippen LogP contribution in [0.4, 0.5) is 0 Å². The summed E-state index contributed by atoms with van der Waals surface area (Å²) in [5, 5.41) is 0. The molecule has 0 aromatic heterocycles. The summed E-state index contributed by atoms with van der Waals surface area (Å²) < 4.78 is 0. The molecule has 0 aliphatic carbocycles. The first-order valence-corrected chi connectivity index (χ1v) is 6.08. The first-order valence-electron chi connectivity index (χ1n) is 6.08. The van der Waals surface area contributed by atoms with Crippen LogP contribution >= 0.6 is 0 Å². The molecule has 3 heteroatoms. The first-order chi connectivity index (χ1) is 7.04. The van der Waals surface area contributed by atoms with Crippen molar-refractivity contribution in [3.8, 4) is 0 Å². The second kappa shape index (κ2) is 7.69. The van der Waals surface area contributed by atoms with Crippen molar-refractivity contribution in [2.75, 3.05) is 13.1 Å². The third kappa shape index (κ3) is 5.78. The van der Waals surface area contributed by atoms with Gasteiger partial charge in [-0.1, -0.05) is 26.7 Å². The average Bonchev–Trinajstić information content (AvgIpc) is 2.18. The number of rotatable bonds is 7. The Hall–Kier alpha value is -0.570. The first kappa shape index (κ1) is 14.4. The Balaban J connectivity index is 4.16. The number of amides is 1. The maximum Gasteiger partial charge on any atom is 0.224 e. The van der Waals surface area contributed by atoms with E-state index in [4.69, 9.17) is 5.73 Å². The van der Waals surface area contributed by atoms with Crippen molar-refractivity contribution in [1.29, 1.82) is 0 Å². The molecule has 0 aromatic rings. The van der Waals surface area contributed by atoms with Crippen LogP contribution in [-0.4, -0.2) is 29.9 Å². The molecule has 90 valence electrons. The van der Waals surface area contributed by atoms with Gasteiger partial charge in [0.15, 0.2) is 0 Å². The molecular weight excluding hydrogens is 188 g/mol. The van der Waals surface area contributed by atoms with Crippen molar-refractivity contribution in [1.82, 2.24) is 4.90 Å². The van der Waals surface area contributed by atoms with E-state index in [0.29, 0.717) is 12.3 Å². The van der Waals surface area contributed by atoms with Crippen LogP contribution in [0, 0.1) is 5.92 Å². The van der Waals surface area contributed by atoms with Crippen molar-refractivity contribution < 1.29 is 4.79 Å². The van der Waals surface area contributed by atoms with Gasteiger partial charge in [0.2, 0.25) is 5.91 Å². The molecular formula is C12H26N2O. The molecule has 2 N–H and O–H groups in total. The molecule has 0 fully saturated rings. The Bertz CT molecular complexity index is 176. The molecule has 1 atom stereocenters. The summed E-state index contributed by atoms with van der Waals surface area (Å²) in [7, 11) is 0. The Morgan fingerprint density at radius 3 is 2.13 bits per heavy atom. The highest BCUT2D eigenvalue weighted by molar-refractivity contribution is 5.76. The minimum Gasteiger partial charge on any atom is -0.343 e. The van der Waals surface area contributed by atoms with Crippen molar-refractivity contribution >= 4 is 5.91 Å². The van der Waals surface area contributed by atoms with Gasteiger partial charge in [-0.2, -0.15) is 0 Å². The molecule has 0 aliphatic rings. The number of nitrogens with zero attached hydrogens (tertiary/aromatic N) is 1. The second-order valence-corrected chi connectivity index (χ2v) is 4.30. The van der Waals surface area contributed by atoms with Gasteiger partial charge in [-0.3, -0.25) is 4.79 Å². The minimum absolute atomic E-state index is 0.0340. The van der Waals surface area contributed by atoms with E-state index in [1.807, 2.05) is 18.7 Å². The van der Waals surface area contributed by atoms with Gasteiger partial charge in [-0.15, -0.1) is 0 Å². The average molecular weight is 214 g/mol. The number of carbonyl (C=O) groups is 1. The monoisotopic (exact) mass is 214 g/mol. The van der Waals surface area contributed by atoms with Crippen molar-refractivity contribution in [3.63, 3.8) is 0 Å². The lowest BCUT2D eigenvalue weighted by atomic mass is 10.0. The number of hydrogen-bond donors (Lipinski definition) is 1. The van der Waals surface area contributed by atoms with Gasteiger partial charge in [0.05, 0.1) is 0 Å². The van der Waals surface area contributed by atoms with Gasteiger partial charge >= 0.3 is 0 Å². The van der Waals surface area contributed by atoms with Crippen molar-refractivity contribution in [2.45, 2.75) is 53.0 Å². The largest absolute Gasteiger partial charge is 0.343 e. The van der Waals surface area contributed by atoms with E-state index in [1.165, 1.54) is 0 Å². The normalized spacial score (nSPS) is 12.9. The Morgan fingerprint density at radius 1 is 1.27 bits per heavy atom. The summed E-state index contributed by atoms with van der Waals surface area (Å²) in [4.78, 5) is 13.7. The van der Waals surface area contributed by atoms with Crippen LogP contribution in [0.25, 0.3) is 0 Å². The fraction of sp³-hybridized carbons (Fsp3) is 0.917. The molecule has 1 amide bonds. The quantitative estimate of drug-likeness (QED) is 0.704. The van der Waals surface area contributed by atoms with Gasteiger partial charge < -0.3 is 10.6 Å². The third-order valence-corrected chi connectivity index (χ3v) is 2.86. The molecule has 0 saturated carbocycles. The van der Waals surface area contributed by atoms with Crippen LogP contribution < -0.4 is 5.73 Å². The molecule has 0 rings (SSSR count). The zero-order chi connectivity index (χ0) is 11.8. The summed E-state index contributed by atoms with van der Waals surface area (Å²) in [6, 6.07) is -0.0340. The van der Waals surface area contributed by atoms with Crippen LogP contribution in [-0.2, 0) is 4.79 Å². The molecule has 1 unspecified atom stereocenters. The molecule has 0 aliphatic heterocycles. The molecule has 3 nitrogen and oxygen atoms in total. The summed E-state index contributed by atoms with van der Waals surface area (Å²) in [6.45, 7) is 9.94. The van der Waals surface area contributed by atoms with Crippen molar-refractivity contribution in [2.24, 2.45) is 11.7 Å². The predicted octanol–water partition coefficient (Wildman–Crippen LogP) is 2.01. The number of carbonyl (C=O) groups excluding carboxylic acids is 1. The highest BCUT2D eigenvalue weighted by Crippen LogP contribution is 2.10. The maximum absolute atomic E-state index is 11.8. The van der Waals surface area contributed by atoms with Crippen molar-refractivity contribution in [3.05, 3.63) is 0 Å². The van der Waals surface area contributed by atoms with Crippen LogP contribution in [0.15, 0.2) is 0 Å². The SMILES string of the molecule is CCC(CC)CN(CC)C(=O)CC(C)N. The molecule has 0 spiro atoms. The Kier molecular flexibility index (Phi) is 7.39. The zero-order valence-corrected chi connectivity index (χ0v) is 10.6. The van der Waals surface area contributed by atoms with E-state index >= 15 is 0 Å². The van der Waals surface area contributed by atoms with Crippen LogP contribution in [0.2, 0.25) is 0 Å². The summed E-state index contributed by atoms with van der Waals surface area (Å²) in [5.41, 5.74) is 5.63. The van der Waals surface area contributed by atoms with Crippen LogP contribution in [0.5, 0.6) is 0 Å². The lowest BCUT2D eigenvalue weighted by molar-refractivity contribution is -0.131. The van der Waals surface area contributed by atoms with Gasteiger partial charge in [0.1, 0.15) is 0 Å². The van der Waals surface area contributed by atoms with E-state index in [1.54, 1.807) is 0 Å². The molecule has 0 heterocycles. The third-order valence-electron chi connectivity index (χ3n) is 2.86. The molecule has 0 bridgehead atoms. The molecule has 0 radical (unpaired) electrons. The lowest BCUT2D eigenvalue weighted by Crippen LogP contribution is -2.37. The number of hydrogen-bond acceptors (Lipinski definition) is 2. The fourth-order valence-corrected chi connectivity index (χ4v) is 1.67. The standard InChI is InChI=1S/C12H26N2O/c1-5-11(6-2)9-14(7-3)12(15)8-10(4)13/h10-11H,5-9,13H2,1-4H3. The van der Waals surface area contributed by atoms with Gasteiger partial charge in [-0.05, 0) is 19.8 Å².